The molecule has 1 aromatic rings. The molecule has 128 valence electrons. The van der Waals surface area contributed by atoms with Crippen LogP contribution in [0.1, 0.15) is 5.69 Å². The van der Waals surface area contributed by atoms with Gasteiger partial charge in [-0.1, -0.05) is 0 Å². The number of likely N-dealkylation sites (N-methyl/N-ethyl adjacent to an activating group) is 1. The molecule has 0 radical (unpaired) electrons. The molecular formula is C16H28N6O. The minimum absolute atomic E-state index is 0.195. The average molecular weight is 320 g/mol. The molecule has 1 saturated heterocycles. The number of nitrogens with one attached hydrogen (secondary N) is 1. The van der Waals surface area contributed by atoms with Crippen molar-refractivity contribution in [2.24, 2.45) is 5.92 Å². The highest BCUT2D eigenvalue weighted by Gasteiger charge is 2.22. The Morgan fingerprint density at radius 3 is 2.83 bits per heavy atom. The zero-order valence-corrected chi connectivity index (χ0v) is 14.6. The molecule has 0 bridgehead atoms. The van der Waals surface area contributed by atoms with Crippen LogP contribution >= 0.6 is 0 Å². The Morgan fingerprint density at radius 1 is 1.35 bits per heavy atom. The van der Waals surface area contributed by atoms with Crippen molar-refractivity contribution in [3.05, 3.63) is 18.1 Å². The lowest BCUT2D eigenvalue weighted by Crippen LogP contribution is -2.41. The van der Waals surface area contributed by atoms with Crippen molar-refractivity contribution in [1.29, 1.82) is 0 Å². The van der Waals surface area contributed by atoms with Gasteiger partial charge >= 0.3 is 0 Å². The van der Waals surface area contributed by atoms with Crippen molar-refractivity contribution in [3.63, 3.8) is 0 Å². The lowest BCUT2D eigenvalue weighted by molar-refractivity contribution is -0.132. The van der Waals surface area contributed by atoms with Crippen molar-refractivity contribution in [2.45, 2.75) is 6.42 Å². The lowest BCUT2D eigenvalue weighted by atomic mass is 10.0. The summed E-state index contributed by atoms with van der Waals surface area (Å²) < 4.78 is 0. The molecule has 1 aromatic heterocycles. The molecule has 2 heterocycles. The maximum absolute atomic E-state index is 12.3. The molecule has 0 saturated carbocycles. The Kier molecular flexibility index (Phi) is 6.29. The van der Waals surface area contributed by atoms with Crippen LogP contribution in [-0.2, 0) is 11.2 Å². The van der Waals surface area contributed by atoms with Crippen LogP contribution in [0, 0.1) is 5.92 Å². The van der Waals surface area contributed by atoms with Crippen LogP contribution in [0.4, 0.5) is 5.82 Å². The maximum Gasteiger partial charge on any atom is 0.236 e. The third-order valence-corrected chi connectivity index (χ3v) is 3.94. The van der Waals surface area contributed by atoms with Gasteiger partial charge in [0.1, 0.15) is 12.1 Å². The van der Waals surface area contributed by atoms with E-state index in [4.69, 9.17) is 0 Å². The number of carbonyl (C=O) groups is 1. The summed E-state index contributed by atoms with van der Waals surface area (Å²) in [4.78, 5) is 26.8. The van der Waals surface area contributed by atoms with Gasteiger partial charge in [0, 0.05) is 52.0 Å². The van der Waals surface area contributed by atoms with E-state index in [1.165, 1.54) is 0 Å². The Morgan fingerprint density at radius 2 is 2.13 bits per heavy atom. The molecule has 1 amide bonds. The number of carbonyl (C=O) groups excluding carboxylic acids is 1. The average Bonchev–Trinajstić information content (AvgIpc) is 2.72. The van der Waals surface area contributed by atoms with Crippen LogP contribution in [0.2, 0.25) is 0 Å². The maximum atomic E-state index is 12.3. The molecule has 0 aliphatic carbocycles. The van der Waals surface area contributed by atoms with E-state index in [-0.39, 0.29) is 5.91 Å². The molecule has 1 aliphatic heterocycles. The van der Waals surface area contributed by atoms with Gasteiger partial charge in [0.25, 0.3) is 0 Å². The monoisotopic (exact) mass is 320 g/mol. The molecule has 23 heavy (non-hydrogen) atoms. The van der Waals surface area contributed by atoms with Crippen molar-refractivity contribution >= 4 is 11.7 Å². The Bertz CT molecular complexity index is 519. The van der Waals surface area contributed by atoms with Gasteiger partial charge in [-0.15, -0.1) is 0 Å². The Hall–Kier alpha value is -1.73. The number of hydrogen-bond donors (Lipinski definition) is 1. The summed E-state index contributed by atoms with van der Waals surface area (Å²) in [6, 6.07) is 2.02. The topological polar surface area (TPSA) is 64.6 Å². The van der Waals surface area contributed by atoms with Gasteiger partial charge in [0.2, 0.25) is 5.91 Å². The highest BCUT2D eigenvalue weighted by Crippen LogP contribution is 2.14. The molecule has 7 heteroatoms. The fourth-order valence-corrected chi connectivity index (χ4v) is 2.76. The van der Waals surface area contributed by atoms with Crippen molar-refractivity contribution in [2.75, 3.05) is 65.8 Å². The van der Waals surface area contributed by atoms with E-state index in [2.05, 4.69) is 15.3 Å². The highest BCUT2D eigenvalue weighted by molar-refractivity contribution is 5.78. The zero-order chi connectivity index (χ0) is 16.8. The molecule has 7 nitrogen and oxygen atoms in total. The molecular weight excluding hydrogens is 292 g/mol. The molecule has 1 N–H and O–H groups in total. The number of aromatic nitrogens is 2. The second-order valence-corrected chi connectivity index (χ2v) is 6.61. The molecule has 2 rings (SSSR count). The van der Waals surface area contributed by atoms with Crippen LogP contribution < -0.4 is 10.2 Å². The zero-order valence-electron chi connectivity index (χ0n) is 14.6. The summed E-state index contributed by atoms with van der Waals surface area (Å²) in [5.41, 5.74) is 1.03. The lowest BCUT2D eigenvalue weighted by Gasteiger charge is -2.25. The van der Waals surface area contributed by atoms with Gasteiger partial charge in [-0.2, -0.15) is 0 Å². The summed E-state index contributed by atoms with van der Waals surface area (Å²) in [5, 5.41) is 3.43. The highest BCUT2D eigenvalue weighted by atomic mass is 16.2. The largest absolute Gasteiger partial charge is 0.363 e. The second-order valence-electron chi connectivity index (χ2n) is 6.61. The fraction of sp³-hybridized carbons (Fsp3) is 0.688. The van der Waals surface area contributed by atoms with E-state index in [9.17, 15) is 4.79 Å². The van der Waals surface area contributed by atoms with Crippen molar-refractivity contribution < 1.29 is 4.79 Å². The molecule has 0 spiro atoms. The van der Waals surface area contributed by atoms with E-state index < -0.39 is 0 Å². The first-order valence-electron chi connectivity index (χ1n) is 8.07. The summed E-state index contributed by atoms with van der Waals surface area (Å²) in [7, 11) is 7.80. The Balaban J connectivity index is 2.01. The molecule has 1 aliphatic rings. The minimum atomic E-state index is 0.195. The number of rotatable bonds is 5. The van der Waals surface area contributed by atoms with Gasteiger partial charge in [-0.3, -0.25) is 4.79 Å². The van der Waals surface area contributed by atoms with Crippen LogP contribution in [0.3, 0.4) is 0 Å². The van der Waals surface area contributed by atoms with Gasteiger partial charge in [-0.25, -0.2) is 9.97 Å². The first-order chi connectivity index (χ1) is 11.0. The van der Waals surface area contributed by atoms with Gasteiger partial charge in [0.05, 0.1) is 6.54 Å². The van der Waals surface area contributed by atoms with Gasteiger partial charge in [0.15, 0.2) is 0 Å². The molecule has 0 aromatic carbocycles. The summed E-state index contributed by atoms with van der Waals surface area (Å²) in [6.07, 6.45) is 2.46. The molecule has 1 unspecified atom stereocenters. The van der Waals surface area contributed by atoms with E-state index in [0.29, 0.717) is 12.5 Å². The van der Waals surface area contributed by atoms with E-state index in [1.807, 2.05) is 49.0 Å². The predicted octanol–water partition coefficient (Wildman–Crippen LogP) is -0.305. The quantitative estimate of drug-likeness (QED) is 0.803. The molecule has 1 atom stereocenters. The smallest absolute Gasteiger partial charge is 0.236 e. The minimum Gasteiger partial charge on any atom is -0.363 e. The van der Waals surface area contributed by atoms with Gasteiger partial charge in [-0.05, 0) is 26.4 Å². The number of amides is 1. The first-order valence-corrected chi connectivity index (χ1v) is 8.07. The third-order valence-electron chi connectivity index (χ3n) is 3.94. The Labute approximate surface area is 138 Å². The number of nitrogens with zero attached hydrogens (tertiary/aromatic N) is 5. The SMILES string of the molecule is CN(C)CC(=O)N1CCNCC(Cc2cc(N(C)C)ncn2)C1. The van der Waals surface area contributed by atoms with Crippen LogP contribution in [0.15, 0.2) is 12.4 Å². The van der Waals surface area contributed by atoms with Gasteiger partial charge < -0.3 is 20.0 Å². The second kappa shape index (κ2) is 8.21. The number of hydrogen-bond acceptors (Lipinski definition) is 6. The number of anilines is 1. The van der Waals surface area contributed by atoms with E-state index in [0.717, 1.165) is 44.1 Å². The third kappa shape index (κ3) is 5.44. The summed E-state index contributed by atoms with van der Waals surface area (Å²) >= 11 is 0. The predicted molar refractivity (Wildman–Crippen MR) is 91.6 cm³/mol. The van der Waals surface area contributed by atoms with Crippen molar-refractivity contribution in [3.8, 4) is 0 Å². The standard InChI is InChI=1S/C16H28N6O/c1-20(2)11-16(23)22-6-5-17-9-13(10-22)7-14-8-15(21(3)4)19-12-18-14/h8,12-13,17H,5-7,9-11H2,1-4H3. The summed E-state index contributed by atoms with van der Waals surface area (Å²) in [6.45, 7) is 3.78. The van der Waals surface area contributed by atoms with Crippen LogP contribution in [0.5, 0.6) is 0 Å². The van der Waals surface area contributed by atoms with Crippen molar-refractivity contribution in [1.82, 2.24) is 25.1 Å². The fourth-order valence-electron chi connectivity index (χ4n) is 2.76. The van der Waals surface area contributed by atoms with E-state index >= 15 is 0 Å². The van der Waals surface area contributed by atoms with Crippen LogP contribution in [-0.4, -0.2) is 86.6 Å². The van der Waals surface area contributed by atoms with E-state index in [1.54, 1.807) is 6.33 Å². The molecule has 1 fully saturated rings. The van der Waals surface area contributed by atoms with Crippen LogP contribution in [0.25, 0.3) is 0 Å². The normalized spacial score (nSPS) is 18.8. The first kappa shape index (κ1) is 17.6. The summed E-state index contributed by atoms with van der Waals surface area (Å²) in [5.74, 6) is 1.48.